The first kappa shape index (κ1) is 37.5. The number of fused-ring (bicyclic) bond motifs is 3. The van der Waals surface area contributed by atoms with Crippen LogP contribution >= 0.6 is 0 Å². The molecule has 0 fully saturated rings. The lowest BCUT2D eigenvalue weighted by Crippen LogP contribution is -2.17. The van der Waals surface area contributed by atoms with Gasteiger partial charge in [-0.15, -0.1) is 0 Å². The highest BCUT2D eigenvalue weighted by atomic mass is 16.7. The molecule has 0 unspecified atom stereocenters. The number of hydrogen-bond donors (Lipinski definition) is 0. The van der Waals surface area contributed by atoms with Crippen LogP contribution in [0.25, 0.3) is 11.1 Å². The van der Waals surface area contributed by atoms with Crippen LogP contribution in [-0.2, 0) is 29.2 Å². The Morgan fingerprint density at radius 3 is 1.52 bits per heavy atom. The maximum Gasteiger partial charge on any atom is 0.513 e. The van der Waals surface area contributed by atoms with E-state index < -0.39 is 29.5 Å². The Labute approximate surface area is 302 Å². The van der Waals surface area contributed by atoms with Crippen molar-refractivity contribution < 1.29 is 52.3 Å². The van der Waals surface area contributed by atoms with Gasteiger partial charge in [-0.25, -0.2) is 19.2 Å². The van der Waals surface area contributed by atoms with Crippen LogP contribution in [-0.4, -0.2) is 63.7 Å². The summed E-state index contributed by atoms with van der Waals surface area (Å²) in [7, 11) is 0. The molecule has 11 nitrogen and oxygen atoms in total. The van der Waals surface area contributed by atoms with Gasteiger partial charge in [0.15, 0.2) is 0 Å². The van der Waals surface area contributed by atoms with Gasteiger partial charge in [0.2, 0.25) is 0 Å². The van der Waals surface area contributed by atoms with Gasteiger partial charge in [0.1, 0.15) is 30.5 Å². The number of esters is 3. The summed E-state index contributed by atoms with van der Waals surface area (Å²) in [5.74, 6) is -0.477. The monoisotopic (exact) mass is 708 g/mol. The molecular formula is C41H40O11. The third kappa shape index (κ3) is 9.51. The van der Waals surface area contributed by atoms with Crippen molar-refractivity contribution in [1.29, 1.82) is 0 Å². The standard InChI is InChI=1S/C41H40O11/c1-26(2)37(42)48-22-20-46-18-19-47-21-23-49-40(45)52-30-12-10-29(11-13-30)39(44)51-32-15-17-34-33-16-14-31(24-35(33)41(4,5)36(34)25-32)50-38(43)28-8-6-27(3)7-9-28/h6-17,24-25H,1,18-23H2,2-5H3. The van der Waals surface area contributed by atoms with E-state index in [0.29, 0.717) is 22.6 Å². The third-order valence-corrected chi connectivity index (χ3v) is 8.25. The Morgan fingerprint density at radius 2 is 1.02 bits per heavy atom. The van der Waals surface area contributed by atoms with Crippen molar-refractivity contribution in [3.05, 3.63) is 125 Å². The third-order valence-electron chi connectivity index (χ3n) is 8.25. The van der Waals surface area contributed by atoms with Crippen molar-refractivity contribution >= 4 is 24.1 Å². The fourth-order valence-corrected chi connectivity index (χ4v) is 5.45. The molecule has 5 rings (SSSR count). The second-order valence-electron chi connectivity index (χ2n) is 12.6. The first-order valence-corrected chi connectivity index (χ1v) is 16.7. The highest BCUT2D eigenvalue weighted by Crippen LogP contribution is 2.50. The Kier molecular flexibility index (Phi) is 12.2. The van der Waals surface area contributed by atoms with E-state index in [1.807, 2.05) is 43.3 Å². The van der Waals surface area contributed by atoms with Crippen molar-refractivity contribution in [3.63, 3.8) is 0 Å². The summed E-state index contributed by atoms with van der Waals surface area (Å²) < 4.78 is 37.1. The molecule has 1 aliphatic rings. The number of hydrogen-bond acceptors (Lipinski definition) is 11. The fourth-order valence-electron chi connectivity index (χ4n) is 5.45. The summed E-state index contributed by atoms with van der Waals surface area (Å²) in [6, 6.07) is 24.2. The molecule has 4 aromatic rings. The van der Waals surface area contributed by atoms with Crippen LogP contribution in [0.2, 0.25) is 0 Å². The van der Waals surface area contributed by atoms with Crippen molar-refractivity contribution in [2.75, 3.05) is 39.6 Å². The number of rotatable bonds is 15. The van der Waals surface area contributed by atoms with Gasteiger partial charge in [0, 0.05) is 11.0 Å². The van der Waals surface area contributed by atoms with E-state index in [-0.39, 0.29) is 51.0 Å². The summed E-state index contributed by atoms with van der Waals surface area (Å²) in [4.78, 5) is 49.1. The molecule has 0 amide bonds. The van der Waals surface area contributed by atoms with E-state index in [2.05, 4.69) is 20.4 Å². The number of carbonyl (C=O) groups excluding carboxylic acids is 4. The normalized spacial score (nSPS) is 12.2. The summed E-state index contributed by atoms with van der Waals surface area (Å²) in [6.07, 6.45) is -0.923. The zero-order valence-corrected chi connectivity index (χ0v) is 29.5. The lowest BCUT2D eigenvalue weighted by Gasteiger charge is -2.22. The van der Waals surface area contributed by atoms with Crippen molar-refractivity contribution in [3.8, 4) is 28.4 Å². The fraction of sp³-hybridized carbons (Fsp3) is 0.268. The lowest BCUT2D eigenvalue weighted by molar-refractivity contribution is -0.140. The summed E-state index contributed by atoms with van der Waals surface area (Å²) in [5, 5.41) is 0. The van der Waals surface area contributed by atoms with E-state index in [0.717, 1.165) is 27.8 Å². The Hall–Kier alpha value is -5.78. The van der Waals surface area contributed by atoms with Crippen molar-refractivity contribution in [2.45, 2.75) is 33.1 Å². The van der Waals surface area contributed by atoms with E-state index in [1.54, 1.807) is 31.2 Å². The Bertz CT molecular complexity index is 1940. The molecule has 0 spiro atoms. The number of benzene rings is 4. The van der Waals surface area contributed by atoms with Crippen LogP contribution in [0.15, 0.2) is 97.1 Å². The van der Waals surface area contributed by atoms with Gasteiger partial charge in [-0.2, -0.15) is 0 Å². The molecule has 0 saturated carbocycles. The van der Waals surface area contributed by atoms with Gasteiger partial charge < -0.3 is 33.2 Å². The number of carbonyl (C=O) groups is 4. The van der Waals surface area contributed by atoms with Crippen LogP contribution in [0.1, 0.15) is 58.2 Å². The predicted octanol–water partition coefficient (Wildman–Crippen LogP) is 7.41. The first-order chi connectivity index (χ1) is 24.9. The molecule has 4 aromatic carbocycles. The Morgan fingerprint density at radius 1 is 0.577 bits per heavy atom. The van der Waals surface area contributed by atoms with Gasteiger partial charge in [-0.05, 0) is 96.8 Å². The van der Waals surface area contributed by atoms with Crippen LogP contribution in [0.4, 0.5) is 4.79 Å². The SMILES string of the molecule is C=C(C)C(=O)OCCOCCOCCOC(=O)Oc1ccc(C(=O)Oc2ccc3c(c2)C(C)(C)c2cc(OC(=O)c4ccc(C)cc4)ccc2-3)cc1. The summed E-state index contributed by atoms with van der Waals surface area (Å²) in [6.45, 7) is 12.1. The van der Waals surface area contributed by atoms with E-state index in [4.69, 9.17) is 33.2 Å². The van der Waals surface area contributed by atoms with E-state index in [1.165, 1.54) is 24.3 Å². The van der Waals surface area contributed by atoms with E-state index >= 15 is 0 Å². The maximum absolute atomic E-state index is 13.0. The largest absolute Gasteiger partial charge is 0.513 e. The molecule has 1 aliphatic carbocycles. The van der Waals surface area contributed by atoms with E-state index in [9.17, 15) is 19.2 Å². The van der Waals surface area contributed by atoms with Gasteiger partial charge in [-0.3, -0.25) is 0 Å². The quantitative estimate of drug-likeness (QED) is 0.0402. The second-order valence-corrected chi connectivity index (χ2v) is 12.6. The van der Waals surface area contributed by atoms with Gasteiger partial charge >= 0.3 is 24.1 Å². The molecule has 0 atom stereocenters. The molecule has 11 heteroatoms. The summed E-state index contributed by atoms with van der Waals surface area (Å²) in [5.41, 5.74) is 5.61. The predicted molar refractivity (Wildman–Crippen MR) is 191 cm³/mol. The van der Waals surface area contributed by atoms with Crippen LogP contribution < -0.4 is 14.2 Å². The van der Waals surface area contributed by atoms with Gasteiger partial charge in [0.25, 0.3) is 0 Å². The number of ether oxygens (including phenoxy) is 7. The minimum atomic E-state index is -0.923. The highest BCUT2D eigenvalue weighted by molar-refractivity contribution is 5.92. The second kappa shape index (κ2) is 17.0. The van der Waals surface area contributed by atoms with Crippen LogP contribution in [0.3, 0.4) is 0 Å². The molecule has 0 N–H and O–H groups in total. The van der Waals surface area contributed by atoms with Crippen molar-refractivity contribution in [1.82, 2.24) is 0 Å². The molecular weight excluding hydrogens is 668 g/mol. The average molecular weight is 709 g/mol. The molecule has 0 aliphatic heterocycles. The molecule has 0 aromatic heterocycles. The Balaban J connectivity index is 1.07. The molecule has 0 heterocycles. The minimum Gasteiger partial charge on any atom is -0.460 e. The minimum absolute atomic E-state index is 0.0369. The zero-order valence-electron chi connectivity index (χ0n) is 29.5. The average Bonchev–Trinajstić information content (AvgIpc) is 3.34. The highest BCUT2D eigenvalue weighted by Gasteiger charge is 2.36. The molecule has 0 bridgehead atoms. The van der Waals surface area contributed by atoms with Crippen molar-refractivity contribution in [2.24, 2.45) is 0 Å². The maximum atomic E-state index is 13.0. The molecule has 0 saturated heterocycles. The molecule has 270 valence electrons. The lowest BCUT2D eigenvalue weighted by atomic mass is 9.82. The first-order valence-electron chi connectivity index (χ1n) is 16.7. The van der Waals surface area contributed by atoms with Crippen LogP contribution in [0.5, 0.6) is 17.2 Å². The summed E-state index contributed by atoms with van der Waals surface area (Å²) >= 11 is 0. The molecule has 52 heavy (non-hydrogen) atoms. The smallest absolute Gasteiger partial charge is 0.460 e. The van der Waals surface area contributed by atoms with Crippen LogP contribution in [0, 0.1) is 6.92 Å². The van der Waals surface area contributed by atoms with Gasteiger partial charge in [-0.1, -0.05) is 50.3 Å². The molecule has 0 radical (unpaired) electrons. The van der Waals surface area contributed by atoms with Gasteiger partial charge in [0.05, 0.1) is 37.6 Å². The zero-order chi connectivity index (χ0) is 37.3. The number of aryl methyl sites for hydroxylation is 1. The topological polar surface area (TPSA) is 133 Å².